The number of sulfonamides is 1. The normalized spacial score (nSPS) is 11.2. The van der Waals surface area contributed by atoms with Crippen molar-refractivity contribution in [3.05, 3.63) is 53.6 Å². The molecule has 9 heteroatoms. The number of ether oxygens (including phenoxy) is 2. The van der Waals surface area contributed by atoms with Crippen LogP contribution in [0.15, 0.2) is 47.4 Å². The van der Waals surface area contributed by atoms with Gasteiger partial charge < -0.3 is 14.8 Å². The van der Waals surface area contributed by atoms with Crippen molar-refractivity contribution in [2.75, 3.05) is 32.6 Å². The summed E-state index contributed by atoms with van der Waals surface area (Å²) < 4.78 is 36.1. The second kappa shape index (κ2) is 9.53. The number of benzene rings is 2. The van der Waals surface area contributed by atoms with Crippen LogP contribution < -0.4 is 10.1 Å². The lowest BCUT2D eigenvalue weighted by atomic mass is 10.1. The van der Waals surface area contributed by atoms with Crippen LogP contribution in [0.3, 0.4) is 0 Å². The molecule has 0 aromatic heterocycles. The van der Waals surface area contributed by atoms with E-state index in [0.717, 1.165) is 4.31 Å². The first-order valence-corrected chi connectivity index (χ1v) is 10.3. The molecule has 1 N–H and O–H groups in total. The Balaban J connectivity index is 2.09. The van der Waals surface area contributed by atoms with Gasteiger partial charge >= 0.3 is 5.97 Å². The fraction of sp³-hybridized carbons (Fsp3) is 0.300. The molecule has 2 rings (SSSR count). The van der Waals surface area contributed by atoms with E-state index in [4.69, 9.17) is 9.47 Å². The number of anilines is 1. The van der Waals surface area contributed by atoms with Crippen LogP contribution in [-0.4, -0.2) is 51.9 Å². The van der Waals surface area contributed by atoms with Crippen molar-refractivity contribution in [3.8, 4) is 5.75 Å². The summed E-state index contributed by atoms with van der Waals surface area (Å²) in [6.45, 7) is 3.39. The van der Waals surface area contributed by atoms with E-state index in [1.54, 1.807) is 31.2 Å². The largest absolute Gasteiger partial charge is 0.492 e. The molecule has 0 saturated carbocycles. The van der Waals surface area contributed by atoms with Crippen molar-refractivity contribution < 1.29 is 27.5 Å². The second-order valence-corrected chi connectivity index (χ2v) is 8.47. The molecule has 0 radical (unpaired) electrons. The first-order chi connectivity index (χ1) is 13.7. The summed E-state index contributed by atoms with van der Waals surface area (Å²) in [4.78, 5) is 24.5. The van der Waals surface area contributed by atoms with E-state index in [1.165, 1.54) is 32.3 Å². The summed E-state index contributed by atoms with van der Waals surface area (Å²) in [6, 6.07) is 11.1. The molecular weight excluding hydrogens is 396 g/mol. The van der Waals surface area contributed by atoms with Gasteiger partial charge in [0.2, 0.25) is 10.0 Å². The van der Waals surface area contributed by atoms with Gasteiger partial charge in [-0.05, 0) is 43.7 Å². The van der Waals surface area contributed by atoms with Crippen molar-refractivity contribution in [2.45, 2.75) is 18.7 Å². The van der Waals surface area contributed by atoms with E-state index in [2.05, 4.69) is 5.32 Å². The van der Waals surface area contributed by atoms with Gasteiger partial charge in [-0.15, -0.1) is 0 Å². The zero-order chi connectivity index (χ0) is 21.6. The minimum atomic E-state index is -3.70. The van der Waals surface area contributed by atoms with Crippen LogP contribution in [0.25, 0.3) is 0 Å². The monoisotopic (exact) mass is 420 g/mol. The Hall–Kier alpha value is -2.91. The van der Waals surface area contributed by atoms with Gasteiger partial charge in [-0.25, -0.2) is 17.5 Å². The van der Waals surface area contributed by atoms with Crippen molar-refractivity contribution in [1.29, 1.82) is 0 Å². The average Bonchev–Trinajstić information content (AvgIpc) is 2.68. The zero-order valence-corrected chi connectivity index (χ0v) is 17.6. The summed E-state index contributed by atoms with van der Waals surface area (Å²) in [5.41, 5.74) is 1.08. The molecular formula is C20H24N2O6S. The standard InChI is InChI=1S/C20H24N2O6S/c1-5-27-18-9-7-6-8-17(18)21-19(23)13-28-20(24)16-12-15(11-10-14(16)2)29(25,26)22(3)4/h6-12H,5,13H2,1-4H3,(H,21,23). The highest BCUT2D eigenvalue weighted by molar-refractivity contribution is 7.89. The number of para-hydroxylation sites is 2. The lowest BCUT2D eigenvalue weighted by Crippen LogP contribution is -2.23. The van der Waals surface area contributed by atoms with Gasteiger partial charge in [-0.2, -0.15) is 0 Å². The smallest absolute Gasteiger partial charge is 0.338 e. The summed E-state index contributed by atoms with van der Waals surface area (Å²) in [5.74, 6) is -0.820. The number of hydrogen-bond donors (Lipinski definition) is 1. The SMILES string of the molecule is CCOc1ccccc1NC(=O)COC(=O)c1cc(S(=O)(=O)N(C)C)ccc1C. The van der Waals surface area contributed by atoms with Gasteiger partial charge in [0.05, 0.1) is 22.8 Å². The Morgan fingerprint density at radius 3 is 2.45 bits per heavy atom. The van der Waals surface area contributed by atoms with E-state index in [0.29, 0.717) is 23.6 Å². The van der Waals surface area contributed by atoms with Crippen LogP contribution in [0.5, 0.6) is 5.75 Å². The lowest BCUT2D eigenvalue weighted by Gasteiger charge is -2.14. The fourth-order valence-electron chi connectivity index (χ4n) is 2.44. The molecule has 156 valence electrons. The third-order valence-corrected chi connectivity index (χ3v) is 5.81. The van der Waals surface area contributed by atoms with Gasteiger partial charge in [0, 0.05) is 14.1 Å². The molecule has 0 heterocycles. The molecule has 0 aliphatic heterocycles. The molecule has 0 saturated heterocycles. The summed E-state index contributed by atoms with van der Waals surface area (Å²) in [5, 5.41) is 2.62. The lowest BCUT2D eigenvalue weighted by molar-refractivity contribution is -0.119. The minimum Gasteiger partial charge on any atom is -0.492 e. The predicted octanol–water partition coefficient (Wildman–Crippen LogP) is 2.44. The Morgan fingerprint density at radius 1 is 1.10 bits per heavy atom. The maximum Gasteiger partial charge on any atom is 0.338 e. The second-order valence-electron chi connectivity index (χ2n) is 6.32. The number of hydrogen-bond acceptors (Lipinski definition) is 6. The molecule has 1 amide bonds. The summed E-state index contributed by atoms with van der Waals surface area (Å²) in [7, 11) is -0.899. The van der Waals surface area contributed by atoms with E-state index in [9.17, 15) is 18.0 Å². The quantitative estimate of drug-likeness (QED) is 0.658. The predicted molar refractivity (Wildman–Crippen MR) is 109 cm³/mol. The molecule has 0 spiro atoms. The van der Waals surface area contributed by atoms with Crippen LogP contribution in [0.2, 0.25) is 0 Å². The average molecular weight is 420 g/mol. The molecule has 0 fully saturated rings. The summed E-state index contributed by atoms with van der Waals surface area (Å²) >= 11 is 0. The molecule has 0 bridgehead atoms. The van der Waals surface area contributed by atoms with E-state index < -0.39 is 28.5 Å². The summed E-state index contributed by atoms with van der Waals surface area (Å²) in [6.07, 6.45) is 0. The Morgan fingerprint density at radius 2 is 1.79 bits per heavy atom. The highest BCUT2D eigenvalue weighted by atomic mass is 32.2. The topological polar surface area (TPSA) is 102 Å². The van der Waals surface area contributed by atoms with Crippen LogP contribution in [0.4, 0.5) is 5.69 Å². The Bertz CT molecular complexity index is 1000. The first-order valence-electron chi connectivity index (χ1n) is 8.88. The highest BCUT2D eigenvalue weighted by Crippen LogP contribution is 2.23. The van der Waals surface area contributed by atoms with Crippen LogP contribution >= 0.6 is 0 Å². The van der Waals surface area contributed by atoms with Gasteiger partial charge in [-0.3, -0.25) is 4.79 Å². The molecule has 0 atom stereocenters. The zero-order valence-electron chi connectivity index (χ0n) is 16.8. The third kappa shape index (κ3) is 5.55. The van der Waals surface area contributed by atoms with Crippen LogP contribution in [0, 0.1) is 6.92 Å². The number of amides is 1. The van der Waals surface area contributed by atoms with E-state index in [-0.39, 0.29) is 10.5 Å². The molecule has 0 unspecified atom stereocenters. The van der Waals surface area contributed by atoms with Crippen molar-refractivity contribution >= 4 is 27.6 Å². The number of aryl methyl sites for hydroxylation is 1. The van der Waals surface area contributed by atoms with E-state index >= 15 is 0 Å². The molecule has 2 aromatic carbocycles. The van der Waals surface area contributed by atoms with Crippen molar-refractivity contribution in [3.63, 3.8) is 0 Å². The Kier molecular flexibility index (Phi) is 7.35. The van der Waals surface area contributed by atoms with Crippen LogP contribution in [0.1, 0.15) is 22.8 Å². The first kappa shape index (κ1) is 22.4. The van der Waals surface area contributed by atoms with Gasteiger partial charge in [0.15, 0.2) is 6.61 Å². The number of nitrogens with zero attached hydrogens (tertiary/aromatic N) is 1. The molecule has 0 aliphatic rings. The maximum absolute atomic E-state index is 12.4. The van der Waals surface area contributed by atoms with Crippen molar-refractivity contribution in [2.24, 2.45) is 0 Å². The maximum atomic E-state index is 12.4. The number of rotatable bonds is 8. The molecule has 2 aromatic rings. The van der Waals surface area contributed by atoms with Crippen molar-refractivity contribution in [1.82, 2.24) is 4.31 Å². The number of esters is 1. The van der Waals surface area contributed by atoms with Gasteiger partial charge in [0.25, 0.3) is 5.91 Å². The van der Waals surface area contributed by atoms with Gasteiger partial charge in [-0.1, -0.05) is 18.2 Å². The molecule has 29 heavy (non-hydrogen) atoms. The van der Waals surface area contributed by atoms with E-state index in [1.807, 2.05) is 6.92 Å². The Labute approximate surface area is 170 Å². The molecule has 0 aliphatic carbocycles. The number of carbonyl (C=O) groups is 2. The number of carbonyl (C=O) groups excluding carboxylic acids is 2. The minimum absolute atomic E-state index is 0.0323. The highest BCUT2D eigenvalue weighted by Gasteiger charge is 2.21. The van der Waals surface area contributed by atoms with Gasteiger partial charge in [0.1, 0.15) is 5.75 Å². The fourth-order valence-corrected chi connectivity index (χ4v) is 3.37. The molecule has 8 nitrogen and oxygen atoms in total. The third-order valence-electron chi connectivity index (χ3n) is 4.00. The van der Waals surface area contributed by atoms with Crippen LogP contribution in [-0.2, 0) is 19.6 Å². The number of nitrogens with one attached hydrogen (secondary N) is 1.